The number of benzene rings is 1. The Labute approximate surface area is 84.4 Å². The highest BCUT2D eigenvalue weighted by Crippen LogP contribution is 2.17. The lowest BCUT2D eigenvalue weighted by Gasteiger charge is -2.21. The van der Waals surface area contributed by atoms with Crippen LogP contribution in [-0.4, -0.2) is 20.1 Å². The van der Waals surface area contributed by atoms with E-state index in [4.69, 9.17) is 5.84 Å². The molecule has 3 N–H and O–H groups in total. The van der Waals surface area contributed by atoms with Gasteiger partial charge in [0.2, 0.25) is 5.96 Å². The molecule has 4 nitrogen and oxygen atoms in total. The van der Waals surface area contributed by atoms with E-state index in [-0.39, 0.29) is 0 Å². The van der Waals surface area contributed by atoms with Gasteiger partial charge < -0.3 is 4.90 Å². The molecule has 0 radical (unpaired) electrons. The second-order valence-corrected chi connectivity index (χ2v) is 3.04. The molecule has 0 aliphatic carbocycles. The van der Waals surface area contributed by atoms with Gasteiger partial charge in [-0.3, -0.25) is 10.4 Å². The van der Waals surface area contributed by atoms with Gasteiger partial charge in [-0.1, -0.05) is 18.2 Å². The summed E-state index contributed by atoms with van der Waals surface area (Å²) in [6.45, 7) is 2.05. The number of nitrogens with one attached hydrogen (secondary N) is 1. The van der Waals surface area contributed by atoms with E-state index in [2.05, 4.69) is 23.4 Å². The lowest BCUT2D eigenvalue weighted by molar-refractivity contribution is 0.969. The van der Waals surface area contributed by atoms with E-state index < -0.39 is 0 Å². The van der Waals surface area contributed by atoms with Gasteiger partial charge in [-0.15, -0.1) is 0 Å². The summed E-state index contributed by atoms with van der Waals surface area (Å²) in [4.78, 5) is 5.94. The first-order valence-electron chi connectivity index (χ1n) is 4.43. The van der Waals surface area contributed by atoms with Crippen molar-refractivity contribution < 1.29 is 0 Å². The maximum Gasteiger partial charge on any atom is 0.212 e. The van der Waals surface area contributed by atoms with E-state index in [1.54, 1.807) is 7.05 Å². The van der Waals surface area contributed by atoms with Gasteiger partial charge in [0.05, 0.1) is 0 Å². The molecule has 1 aromatic carbocycles. The summed E-state index contributed by atoms with van der Waals surface area (Å²) in [5.74, 6) is 5.99. The first-order chi connectivity index (χ1) is 6.70. The number of hydrazine groups is 1. The SMILES string of the molecule is CN=C(NN)N(C)c1ccccc1C. The molecule has 0 heterocycles. The van der Waals surface area contributed by atoms with E-state index >= 15 is 0 Å². The quantitative estimate of drug-likeness (QED) is 0.300. The van der Waals surface area contributed by atoms with E-state index in [1.807, 2.05) is 30.1 Å². The molecule has 14 heavy (non-hydrogen) atoms. The van der Waals surface area contributed by atoms with Gasteiger partial charge in [0, 0.05) is 19.8 Å². The van der Waals surface area contributed by atoms with Crippen LogP contribution in [0.4, 0.5) is 5.69 Å². The van der Waals surface area contributed by atoms with E-state index in [0.717, 1.165) is 5.69 Å². The number of rotatable bonds is 1. The zero-order chi connectivity index (χ0) is 10.6. The van der Waals surface area contributed by atoms with Crippen LogP contribution in [-0.2, 0) is 0 Å². The second kappa shape index (κ2) is 4.62. The van der Waals surface area contributed by atoms with Gasteiger partial charge in [0.15, 0.2) is 0 Å². The minimum Gasteiger partial charge on any atom is -0.314 e. The van der Waals surface area contributed by atoms with Crippen LogP contribution in [0.3, 0.4) is 0 Å². The van der Waals surface area contributed by atoms with Crippen molar-refractivity contribution in [2.75, 3.05) is 19.0 Å². The van der Waals surface area contributed by atoms with Crippen molar-refractivity contribution in [3.05, 3.63) is 29.8 Å². The second-order valence-electron chi connectivity index (χ2n) is 3.04. The molecule has 4 heteroatoms. The van der Waals surface area contributed by atoms with Crippen molar-refractivity contribution in [2.24, 2.45) is 10.8 Å². The summed E-state index contributed by atoms with van der Waals surface area (Å²) in [7, 11) is 3.62. The third-order valence-electron chi connectivity index (χ3n) is 2.14. The Kier molecular flexibility index (Phi) is 3.48. The zero-order valence-corrected chi connectivity index (χ0v) is 8.78. The van der Waals surface area contributed by atoms with Crippen LogP contribution in [0.5, 0.6) is 0 Å². The third kappa shape index (κ3) is 2.03. The Morgan fingerprint density at radius 1 is 1.43 bits per heavy atom. The number of guanidine groups is 1. The van der Waals surface area contributed by atoms with Crippen LogP contribution in [0, 0.1) is 6.92 Å². The molecule has 0 spiro atoms. The summed E-state index contributed by atoms with van der Waals surface area (Å²) >= 11 is 0. The lowest BCUT2D eigenvalue weighted by Crippen LogP contribution is -2.43. The lowest BCUT2D eigenvalue weighted by atomic mass is 10.2. The fourth-order valence-corrected chi connectivity index (χ4v) is 1.37. The van der Waals surface area contributed by atoms with Gasteiger partial charge in [0.1, 0.15) is 0 Å². The van der Waals surface area contributed by atoms with Crippen molar-refractivity contribution in [2.45, 2.75) is 6.92 Å². The van der Waals surface area contributed by atoms with Crippen molar-refractivity contribution in [3.63, 3.8) is 0 Å². The van der Waals surface area contributed by atoms with Crippen molar-refractivity contribution in [1.29, 1.82) is 0 Å². The molecular formula is C10H16N4. The summed E-state index contributed by atoms with van der Waals surface area (Å²) in [6.07, 6.45) is 0. The van der Waals surface area contributed by atoms with Crippen LogP contribution in [0.1, 0.15) is 5.56 Å². The minimum absolute atomic E-state index is 0.638. The van der Waals surface area contributed by atoms with Crippen molar-refractivity contribution in [1.82, 2.24) is 5.43 Å². The van der Waals surface area contributed by atoms with E-state index in [0.29, 0.717) is 5.96 Å². The summed E-state index contributed by atoms with van der Waals surface area (Å²) in [5, 5.41) is 0. The fraction of sp³-hybridized carbons (Fsp3) is 0.300. The molecule has 0 unspecified atom stereocenters. The molecule has 0 bridgehead atoms. The topological polar surface area (TPSA) is 53.6 Å². The standard InChI is InChI=1S/C10H16N4/c1-8-6-4-5-7-9(8)14(3)10(12-2)13-11/h4-7H,11H2,1-3H3,(H,12,13). The Morgan fingerprint density at radius 2 is 2.07 bits per heavy atom. The van der Waals surface area contributed by atoms with Gasteiger partial charge in [0.25, 0.3) is 0 Å². The predicted molar refractivity (Wildman–Crippen MR) is 60.3 cm³/mol. The number of anilines is 1. The first-order valence-corrected chi connectivity index (χ1v) is 4.43. The van der Waals surface area contributed by atoms with Crippen LogP contribution in [0.2, 0.25) is 0 Å². The highest BCUT2D eigenvalue weighted by molar-refractivity contribution is 5.95. The molecule has 0 fully saturated rings. The molecule has 0 atom stereocenters. The zero-order valence-electron chi connectivity index (χ0n) is 8.78. The number of aryl methyl sites for hydroxylation is 1. The van der Waals surface area contributed by atoms with Crippen LogP contribution in [0.15, 0.2) is 29.3 Å². The molecule has 0 aliphatic heterocycles. The average molecular weight is 192 g/mol. The van der Waals surface area contributed by atoms with Crippen molar-refractivity contribution in [3.8, 4) is 0 Å². The molecule has 0 aliphatic rings. The Morgan fingerprint density at radius 3 is 2.57 bits per heavy atom. The first kappa shape index (κ1) is 10.5. The summed E-state index contributed by atoms with van der Waals surface area (Å²) < 4.78 is 0. The summed E-state index contributed by atoms with van der Waals surface area (Å²) in [5.41, 5.74) is 4.83. The summed E-state index contributed by atoms with van der Waals surface area (Å²) in [6, 6.07) is 8.07. The molecule has 1 aromatic rings. The molecule has 0 aromatic heterocycles. The molecular weight excluding hydrogens is 176 g/mol. The molecule has 0 saturated heterocycles. The van der Waals surface area contributed by atoms with E-state index in [9.17, 15) is 0 Å². The monoisotopic (exact) mass is 192 g/mol. The third-order valence-corrected chi connectivity index (χ3v) is 2.14. The van der Waals surface area contributed by atoms with E-state index in [1.165, 1.54) is 5.56 Å². The van der Waals surface area contributed by atoms with Gasteiger partial charge >= 0.3 is 0 Å². The number of nitrogens with two attached hydrogens (primary N) is 1. The smallest absolute Gasteiger partial charge is 0.212 e. The number of nitrogens with zero attached hydrogens (tertiary/aromatic N) is 2. The number of hydrogen-bond donors (Lipinski definition) is 2. The van der Waals surface area contributed by atoms with Gasteiger partial charge in [-0.05, 0) is 18.6 Å². The molecule has 0 amide bonds. The maximum absolute atomic E-state index is 5.35. The number of para-hydroxylation sites is 1. The minimum atomic E-state index is 0.638. The van der Waals surface area contributed by atoms with Crippen LogP contribution < -0.4 is 16.2 Å². The van der Waals surface area contributed by atoms with Crippen LogP contribution in [0.25, 0.3) is 0 Å². The van der Waals surface area contributed by atoms with Gasteiger partial charge in [-0.25, -0.2) is 5.84 Å². The predicted octanol–water partition coefficient (Wildman–Crippen LogP) is 0.880. The molecule has 76 valence electrons. The molecule has 1 rings (SSSR count). The molecule has 0 saturated carbocycles. The number of hydrogen-bond acceptors (Lipinski definition) is 2. The fourth-order valence-electron chi connectivity index (χ4n) is 1.37. The Balaban J connectivity index is 3.00. The largest absolute Gasteiger partial charge is 0.314 e. The highest BCUT2D eigenvalue weighted by atomic mass is 15.4. The Hall–Kier alpha value is -1.55. The Bertz CT molecular complexity index is 333. The average Bonchev–Trinajstić information content (AvgIpc) is 2.20. The normalized spacial score (nSPS) is 11.3. The number of aliphatic imine (C=N–C) groups is 1. The van der Waals surface area contributed by atoms with Crippen LogP contribution >= 0.6 is 0 Å². The van der Waals surface area contributed by atoms with Gasteiger partial charge in [-0.2, -0.15) is 0 Å². The van der Waals surface area contributed by atoms with Crippen molar-refractivity contribution >= 4 is 11.6 Å². The highest BCUT2D eigenvalue weighted by Gasteiger charge is 2.07. The maximum atomic E-state index is 5.35.